The SMILES string of the molecule is NCC(O)C(O)c1cc(Cl)cc(N)c1O. The van der Waals surface area contributed by atoms with Gasteiger partial charge in [-0.3, -0.25) is 0 Å². The van der Waals surface area contributed by atoms with E-state index in [0.29, 0.717) is 0 Å². The Labute approximate surface area is 91.9 Å². The molecule has 5 nitrogen and oxygen atoms in total. The van der Waals surface area contributed by atoms with Gasteiger partial charge in [-0.2, -0.15) is 0 Å². The lowest BCUT2D eigenvalue weighted by Gasteiger charge is -2.18. The molecule has 7 N–H and O–H groups in total. The molecule has 0 spiro atoms. The second-order valence-electron chi connectivity index (χ2n) is 3.18. The summed E-state index contributed by atoms with van der Waals surface area (Å²) in [6.07, 6.45) is -2.48. The topological polar surface area (TPSA) is 113 Å². The van der Waals surface area contributed by atoms with Gasteiger partial charge in [0, 0.05) is 17.1 Å². The number of phenolic OH excluding ortho intramolecular Hbond substituents is 1. The third-order valence-electron chi connectivity index (χ3n) is 2.06. The second-order valence-corrected chi connectivity index (χ2v) is 3.62. The Balaban J connectivity index is 3.13. The zero-order valence-electron chi connectivity index (χ0n) is 7.89. The van der Waals surface area contributed by atoms with E-state index >= 15 is 0 Å². The molecule has 1 rings (SSSR count). The molecule has 84 valence electrons. The number of phenols is 1. The van der Waals surface area contributed by atoms with Gasteiger partial charge >= 0.3 is 0 Å². The highest BCUT2D eigenvalue weighted by Gasteiger charge is 2.21. The van der Waals surface area contributed by atoms with E-state index in [1.807, 2.05) is 0 Å². The van der Waals surface area contributed by atoms with Crippen molar-refractivity contribution < 1.29 is 15.3 Å². The van der Waals surface area contributed by atoms with Gasteiger partial charge in [0.1, 0.15) is 11.9 Å². The molecule has 2 unspecified atom stereocenters. The molecule has 0 saturated carbocycles. The van der Waals surface area contributed by atoms with Crippen LogP contribution in [-0.2, 0) is 0 Å². The van der Waals surface area contributed by atoms with Crippen LogP contribution in [0.2, 0.25) is 5.02 Å². The summed E-state index contributed by atoms with van der Waals surface area (Å²) < 4.78 is 0. The van der Waals surface area contributed by atoms with Gasteiger partial charge in [-0.25, -0.2) is 0 Å². The van der Waals surface area contributed by atoms with E-state index in [4.69, 9.17) is 23.1 Å². The Bertz CT molecular complexity index is 359. The Morgan fingerprint density at radius 3 is 2.47 bits per heavy atom. The minimum Gasteiger partial charge on any atom is -0.505 e. The smallest absolute Gasteiger partial charge is 0.144 e. The van der Waals surface area contributed by atoms with Crippen LogP contribution in [0, 0.1) is 0 Å². The molecular weight excluding hydrogens is 220 g/mol. The predicted octanol–water partition coefficient (Wildman–Crippen LogP) is -0.0192. The van der Waals surface area contributed by atoms with Crippen LogP contribution >= 0.6 is 11.6 Å². The molecule has 0 aliphatic rings. The number of halogens is 1. The van der Waals surface area contributed by atoms with Crippen LogP contribution in [0.3, 0.4) is 0 Å². The first-order chi connectivity index (χ1) is 6.97. The number of aliphatic hydroxyl groups excluding tert-OH is 2. The van der Waals surface area contributed by atoms with Crippen LogP contribution in [0.15, 0.2) is 12.1 Å². The molecule has 1 aromatic carbocycles. The summed E-state index contributed by atoms with van der Waals surface area (Å²) in [6.45, 7) is -0.132. The summed E-state index contributed by atoms with van der Waals surface area (Å²) in [5.41, 5.74) is 10.7. The minimum atomic E-state index is -1.31. The molecule has 0 saturated heterocycles. The van der Waals surface area contributed by atoms with Crippen molar-refractivity contribution in [2.45, 2.75) is 12.2 Å². The number of anilines is 1. The van der Waals surface area contributed by atoms with Crippen LogP contribution in [0.25, 0.3) is 0 Å². The summed E-state index contributed by atoms with van der Waals surface area (Å²) in [5, 5.41) is 28.7. The lowest BCUT2D eigenvalue weighted by molar-refractivity contribution is 0.0230. The fourth-order valence-corrected chi connectivity index (χ4v) is 1.44. The Kier molecular flexibility index (Phi) is 3.76. The summed E-state index contributed by atoms with van der Waals surface area (Å²) in [5.74, 6) is -0.292. The molecule has 0 fully saturated rings. The highest BCUT2D eigenvalue weighted by atomic mass is 35.5. The number of hydrogen-bond donors (Lipinski definition) is 5. The number of aromatic hydroxyl groups is 1. The fourth-order valence-electron chi connectivity index (χ4n) is 1.20. The van der Waals surface area contributed by atoms with Crippen LogP contribution in [-0.4, -0.2) is 28.0 Å². The lowest BCUT2D eigenvalue weighted by atomic mass is 10.0. The summed E-state index contributed by atoms with van der Waals surface area (Å²) in [4.78, 5) is 0. The fraction of sp³-hybridized carbons (Fsp3) is 0.333. The molecule has 0 aromatic heterocycles. The highest BCUT2D eigenvalue weighted by molar-refractivity contribution is 6.31. The molecule has 0 heterocycles. The van der Waals surface area contributed by atoms with E-state index in [1.54, 1.807) is 0 Å². The summed E-state index contributed by atoms with van der Waals surface area (Å²) >= 11 is 5.70. The molecule has 1 aromatic rings. The van der Waals surface area contributed by atoms with Crippen molar-refractivity contribution in [2.75, 3.05) is 12.3 Å². The molecule has 0 aliphatic heterocycles. The standard InChI is InChI=1S/C9H13ClN2O3/c10-4-1-5(8(14)6(12)2-4)9(15)7(13)3-11/h1-2,7,9,13-15H,3,11-12H2. The van der Waals surface area contributed by atoms with Gasteiger partial charge in [-0.05, 0) is 12.1 Å². The number of nitrogen functional groups attached to an aromatic ring is 1. The first-order valence-electron chi connectivity index (χ1n) is 4.31. The quantitative estimate of drug-likeness (QED) is 0.371. The molecule has 0 radical (unpaired) electrons. The van der Waals surface area contributed by atoms with Gasteiger partial charge in [-0.15, -0.1) is 0 Å². The van der Waals surface area contributed by atoms with Crippen molar-refractivity contribution in [3.63, 3.8) is 0 Å². The zero-order chi connectivity index (χ0) is 11.6. The van der Waals surface area contributed by atoms with Gasteiger partial charge in [0.25, 0.3) is 0 Å². The maximum atomic E-state index is 9.61. The lowest BCUT2D eigenvalue weighted by Crippen LogP contribution is -2.27. The zero-order valence-corrected chi connectivity index (χ0v) is 8.65. The van der Waals surface area contributed by atoms with Crippen LogP contribution in [0.1, 0.15) is 11.7 Å². The van der Waals surface area contributed by atoms with E-state index in [-0.39, 0.29) is 28.6 Å². The van der Waals surface area contributed by atoms with Crippen molar-refractivity contribution in [1.82, 2.24) is 0 Å². The van der Waals surface area contributed by atoms with Gasteiger partial charge < -0.3 is 26.8 Å². The molecule has 0 amide bonds. The molecule has 6 heteroatoms. The minimum absolute atomic E-state index is 0.0424. The van der Waals surface area contributed by atoms with E-state index < -0.39 is 12.2 Å². The average Bonchev–Trinajstić information content (AvgIpc) is 2.21. The maximum absolute atomic E-state index is 9.61. The molecular formula is C9H13ClN2O3. The van der Waals surface area contributed by atoms with Crippen molar-refractivity contribution in [3.8, 4) is 5.75 Å². The van der Waals surface area contributed by atoms with Crippen molar-refractivity contribution >= 4 is 17.3 Å². The summed E-state index contributed by atoms with van der Waals surface area (Å²) in [7, 11) is 0. The number of nitrogens with two attached hydrogens (primary N) is 2. The van der Waals surface area contributed by atoms with Crippen LogP contribution in [0.4, 0.5) is 5.69 Å². The third kappa shape index (κ3) is 2.51. The summed E-state index contributed by atoms with van der Waals surface area (Å²) in [6, 6.07) is 2.68. The normalized spacial score (nSPS) is 14.9. The Hall–Kier alpha value is -1.01. The number of aliphatic hydroxyl groups is 2. The van der Waals surface area contributed by atoms with Gasteiger partial charge in [-0.1, -0.05) is 11.6 Å². The van der Waals surface area contributed by atoms with E-state index in [0.717, 1.165) is 0 Å². The van der Waals surface area contributed by atoms with E-state index in [2.05, 4.69) is 0 Å². The van der Waals surface area contributed by atoms with Crippen LogP contribution < -0.4 is 11.5 Å². The first-order valence-corrected chi connectivity index (χ1v) is 4.69. The highest BCUT2D eigenvalue weighted by Crippen LogP contribution is 2.34. The van der Waals surface area contributed by atoms with Crippen LogP contribution in [0.5, 0.6) is 5.75 Å². The van der Waals surface area contributed by atoms with Gasteiger partial charge in [0.05, 0.1) is 11.8 Å². The number of rotatable bonds is 3. The molecule has 0 aliphatic carbocycles. The largest absolute Gasteiger partial charge is 0.505 e. The Morgan fingerprint density at radius 2 is 1.93 bits per heavy atom. The van der Waals surface area contributed by atoms with Gasteiger partial charge in [0.15, 0.2) is 0 Å². The van der Waals surface area contributed by atoms with E-state index in [1.165, 1.54) is 12.1 Å². The average molecular weight is 233 g/mol. The number of hydrogen-bond acceptors (Lipinski definition) is 5. The second kappa shape index (κ2) is 4.67. The maximum Gasteiger partial charge on any atom is 0.144 e. The number of benzene rings is 1. The van der Waals surface area contributed by atoms with E-state index in [9.17, 15) is 15.3 Å². The van der Waals surface area contributed by atoms with Crippen molar-refractivity contribution in [2.24, 2.45) is 5.73 Å². The Morgan fingerprint density at radius 1 is 1.33 bits per heavy atom. The monoisotopic (exact) mass is 232 g/mol. The van der Waals surface area contributed by atoms with Gasteiger partial charge in [0.2, 0.25) is 0 Å². The molecule has 0 bridgehead atoms. The van der Waals surface area contributed by atoms with Crippen molar-refractivity contribution in [1.29, 1.82) is 0 Å². The van der Waals surface area contributed by atoms with Crippen molar-refractivity contribution in [3.05, 3.63) is 22.7 Å². The first kappa shape index (κ1) is 12.1. The molecule has 15 heavy (non-hydrogen) atoms. The predicted molar refractivity (Wildman–Crippen MR) is 57.6 cm³/mol. The molecule has 2 atom stereocenters. The third-order valence-corrected chi connectivity index (χ3v) is 2.28.